The summed E-state index contributed by atoms with van der Waals surface area (Å²) in [5.74, 6) is -3.73. The molecule has 0 unspecified atom stereocenters. The van der Waals surface area contributed by atoms with Gasteiger partial charge in [-0.25, -0.2) is 9.59 Å². The Morgan fingerprint density at radius 3 is 2.25 bits per heavy atom. The first kappa shape index (κ1) is 36.5. The van der Waals surface area contributed by atoms with Gasteiger partial charge in [0.05, 0.1) is 16.9 Å². The molecule has 0 aliphatic carbocycles. The van der Waals surface area contributed by atoms with Gasteiger partial charge in [0.2, 0.25) is 5.91 Å². The summed E-state index contributed by atoms with van der Waals surface area (Å²) in [6.07, 6.45) is 4.36. The second-order valence-corrected chi connectivity index (χ2v) is 13.2. The molecule has 1 aliphatic rings. The number of hydrogen-bond donors (Lipinski definition) is 5. The van der Waals surface area contributed by atoms with Gasteiger partial charge in [-0.2, -0.15) is 4.68 Å². The summed E-state index contributed by atoms with van der Waals surface area (Å²) in [4.78, 5) is 65.9. The van der Waals surface area contributed by atoms with Crippen LogP contribution in [0.2, 0.25) is 5.02 Å². The van der Waals surface area contributed by atoms with Crippen LogP contribution in [-0.4, -0.2) is 85.6 Å². The van der Waals surface area contributed by atoms with Gasteiger partial charge in [-0.05, 0) is 83.3 Å². The number of carbonyl (C=O) groups is 5. The van der Waals surface area contributed by atoms with Crippen LogP contribution in [-0.2, 0) is 26.2 Å². The molecule has 2 heterocycles. The van der Waals surface area contributed by atoms with E-state index < -0.39 is 35.1 Å². The molecule has 1 aliphatic heterocycles. The highest BCUT2D eigenvalue weighted by atomic mass is 35.5. The third-order valence-corrected chi connectivity index (χ3v) is 8.77. The molecule has 1 saturated heterocycles. The molecular weight excluding hydrogens is 678 g/mol. The summed E-state index contributed by atoms with van der Waals surface area (Å²) < 4.78 is 1.29. The minimum atomic E-state index is -1.18. The van der Waals surface area contributed by atoms with Gasteiger partial charge in [-0.1, -0.05) is 49.7 Å². The normalized spacial score (nSPS) is 13.5. The SMILES string of the molecule is CC(C)(CNC(=O)[C@H](Cc1ccc(NC(=O)N2CCCCC2)cc1)NC(=O)C(=O)Nc1cc(Cl)ccc1-n1cnnn1)c1ccc(C(=O)O)cc1. The number of likely N-dealkylation sites (tertiary alicyclic amines) is 1. The van der Waals surface area contributed by atoms with Gasteiger partial charge in [-0.3, -0.25) is 14.4 Å². The van der Waals surface area contributed by atoms with Gasteiger partial charge in [0.15, 0.2) is 0 Å². The first-order valence-corrected chi connectivity index (χ1v) is 16.7. The lowest BCUT2D eigenvalue weighted by Crippen LogP contribution is -2.52. The van der Waals surface area contributed by atoms with E-state index in [2.05, 4.69) is 36.8 Å². The quantitative estimate of drug-likeness (QED) is 0.143. The Balaban J connectivity index is 1.30. The number of carbonyl (C=O) groups excluding carboxylic acids is 4. The maximum Gasteiger partial charge on any atom is 0.335 e. The van der Waals surface area contributed by atoms with Crippen LogP contribution in [0.4, 0.5) is 16.2 Å². The molecule has 16 heteroatoms. The number of hydrogen-bond acceptors (Lipinski definition) is 8. The van der Waals surface area contributed by atoms with Crippen LogP contribution >= 0.6 is 11.6 Å². The number of amides is 5. The van der Waals surface area contributed by atoms with Crippen molar-refractivity contribution in [1.82, 2.24) is 35.7 Å². The average molecular weight is 716 g/mol. The number of aromatic carboxylic acids is 1. The fraction of sp³-hybridized carbons (Fsp3) is 0.314. The first-order chi connectivity index (χ1) is 24.4. The maximum atomic E-state index is 13.7. The van der Waals surface area contributed by atoms with Crippen molar-refractivity contribution in [2.45, 2.75) is 51.0 Å². The Kier molecular flexibility index (Phi) is 11.6. The minimum Gasteiger partial charge on any atom is -0.478 e. The number of carboxylic acids is 1. The molecule has 5 N–H and O–H groups in total. The zero-order valence-electron chi connectivity index (χ0n) is 28.1. The predicted molar refractivity (Wildman–Crippen MR) is 189 cm³/mol. The van der Waals surface area contributed by atoms with Crippen LogP contribution < -0.4 is 21.3 Å². The second-order valence-electron chi connectivity index (χ2n) is 12.8. The summed E-state index contributed by atoms with van der Waals surface area (Å²) >= 11 is 6.16. The number of benzene rings is 3. The summed E-state index contributed by atoms with van der Waals surface area (Å²) in [5.41, 5.74) is 2.06. The van der Waals surface area contributed by atoms with Gasteiger partial charge in [0, 0.05) is 42.2 Å². The Labute approximate surface area is 298 Å². The summed E-state index contributed by atoms with van der Waals surface area (Å²) in [6.45, 7) is 5.31. The van der Waals surface area contributed by atoms with Crippen molar-refractivity contribution in [3.63, 3.8) is 0 Å². The largest absolute Gasteiger partial charge is 0.478 e. The smallest absolute Gasteiger partial charge is 0.335 e. The van der Waals surface area contributed by atoms with Crippen LogP contribution in [0.5, 0.6) is 0 Å². The number of halogens is 1. The fourth-order valence-electron chi connectivity index (χ4n) is 5.55. The Morgan fingerprint density at radius 2 is 1.61 bits per heavy atom. The van der Waals surface area contributed by atoms with E-state index in [0.29, 0.717) is 30.0 Å². The Hall–Kier alpha value is -5.83. The number of aromatic nitrogens is 4. The highest BCUT2D eigenvalue weighted by Gasteiger charge is 2.28. The zero-order valence-corrected chi connectivity index (χ0v) is 28.8. The average Bonchev–Trinajstić information content (AvgIpc) is 3.66. The lowest BCUT2D eigenvalue weighted by atomic mass is 9.84. The Bertz CT molecular complexity index is 1880. The van der Waals surface area contributed by atoms with Crippen LogP contribution in [0.15, 0.2) is 73.1 Å². The zero-order chi connectivity index (χ0) is 36.5. The molecule has 5 amide bonds. The highest BCUT2D eigenvalue weighted by Crippen LogP contribution is 2.25. The molecule has 0 spiro atoms. The standard InChI is InChI=1S/C35H38ClN9O6/c1-35(2,24-10-8-23(9-11-24)33(49)50)20-37-30(46)28(18-22-6-13-26(14-7-22)39-34(51)44-16-4-3-5-17-44)41-32(48)31(47)40-27-19-25(36)12-15-29(27)45-21-38-42-43-45/h6-15,19,21,28H,3-5,16-18,20H2,1-2H3,(H,37,46)(H,39,51)(H,40,47)(H,41,48)(H,49,50)/t28-/m0/s1. The second kappa shape index (κ2) is 16.3. The number of anilines is 2. The number of tetrazole rings is 1. The number of rotatable bonds is 11. The predicted octanol–water partition coefficient (Wildman–Crippen LogP) is 3.79. The van der Waals surface area contributed by atoms with Crippen LogP contribution in [0.1, 0.15) is 54.6 Å². The van der Waals surface area contributed by atoms with Crippen molar-refractivity contribution >= 4 is 52.7 Å². The fourth-order valence-corrected chi connectivity index (χ4v) is 5.72. The lowest BCUT2D eigenvalue weighted by Gasteiger charge is -2.27. The number of nitrogens with one attached hydrogen (secondary N) is 4. The molecule has 1 fully saturated rings. The molecule has 4 aromatic rings. The molecule has 1 aromatic heterocycles. The van der Waals surface area contributed by atoms with E-state index in [1.807, 2.05) is 13.8 Å². The maximum absolute atomic E-state index is 13.7. The number of piperidine rings is 1. The molecule has 0 bridgehead atoms. The lowest BCUT2D eigenvalue weighted by molar-refractivity contribution is -0.138. The highest BCUT2D eigenvalue weighted by molar-refractivity contribution is 6.40. The van der Waals surface area contributed by atoms with Crippen molar-refractivity contribution < 1.29 is 29.1 Å². The molecule has 3 aromatic carbocycles. The monoisotopic (exact) mass is 715 g/mol. The molecule has 15 nitrogen and oxygen atoms in total. The molecule has 266 valence electrons. The van der Waals surface area contributed by atoms with Crippen molar-refractivity contribution in [1.29, 1.82) is 0 Å². The van der Waals surface area contributed by atoms with E-state index >= 15 is 0 Å². The molecule has 0 saturated carbocycles. The van der Waals surface area contributed by atoms with Crippen molar-refractivity contribution in [2.75, 3.05) is 30.3 Å². The van der Waals surface area contributed by atoms with Crippen molar-refractivity contribution in [3.05, 3.63) is 94.8 Å². The van der Waals surface area contributed by atoms with E-state index in [0.717, 1.165) is 24.8 Å². The van der Waals surface area contributed by atoms with E-state index in [4.69, 9.17) is 11.6 Å². The van der Waals surface area contributed by atoms with Gasteiger partial charge >= 0.3 is 23.8 Å². The van der Waals surface area contributed by atoms with E-state index in [9.17, 15) is 29.1 Å². The number of urea groups is 1. The molecule has 5 rings (SSSR count). The molecule has 0 radical (unpaired) electrons. The van der Waals surface area contributed by atoms with Gasteiger partial charge < -0.3 is 31.3 Å². The van der Waals surface area contributed by atoms with Gasteiger partial charge in [0.1, 0.15) is 12.4 Å². The van der Waals surface area contributed by atoms with E-state index in [1.165, 1.54) is 29.2 Å². The summed E-state index contributed by atoms with van der Waals surface area (Å²) in [5, 5.41) is 31.4. The summed E-state index contributed by atoms with van der Waals surface area (Å²) in [7, 11) is 0. The van der Waals surface area contributed by atoms with Crippen LogP contribution in [0.3, 0.4) is 0 Å². The van der Waals surface area contributed by atoms with E-state index in [1.54, 1.807) is 53.4 Å². The van der Waals surface area contributed by atoms with E-state index in [-0.39, 0.29) is 35.3 Å². The van der Waals surface area contributed by atoms with Crippen LogP contribution in [0.25, 0.3) is 5.69 Å². The topological polar surface area (TPSA) is 201 Å². The van der Waals surface area contributed by atoms with Crippen molar-refractivity contribution in [2.24, 2.45) is 0 Å². The third kappa shape index (κ3) is 9.66. The Morgan fingerprint density at radius 1 is 0.902 bits per heavy atom. The van der Waals surface area contributed by atoms with Gasteiger partial charge in [-0.15, -0.1) is 5.10 Å². The molecule has 1 atom stereocenters. The van der Waals surface area contributed by atoms with Crippen LogP contribution in [0, 0.1) is 0 Å². The number of nitrogens with zero attached hydrogens (tertiary/aromatic N) is 5. The van der Waals surface area contributed by atoms with Gasteiger partial charge in [0.25, 0.3) is 0 Å². The molecule has 51 heavy (non-hydrogen) atoms. The third-order valence-electron chi connectivity index (χ3n) is 8.54. The molecular formula is C35H38ClN9O6. The number of carboxylic acid groups (broad SMARTS) is 1. The first-order valence-electron chi connectivity index (χ1n) is 16.3. The minimum absolute atomic E-state index is 0.0198. The summed E-state index contributed by atoms with van der Waals surface area (Å²) in [6, 6.07) is 16.5. The van der Waals surface area contributed by atoms with Crippen molar-refractivity contribution in [3.8, 4) is 5.69 Å².